The van der Waals surface area contributed by atoms with Gasteiger partial charge in [-0.05, 0) is 17.5 Å². The lowest BCUT2D eigenvalue weighted by Crippen LogP contribution is -2.29. The van der Waals surface area contributed by atoms with Crippen molar-refractivity contribution in [2.75, 3.05) is 13.6 Å². The van der Waals surface area contributed by atoms with E-state index < -0.39 is 5.97 Å². The van der Waals surface area contributed by atoms with Crippen LogP contribution in [0.1, 0.15) is 31.2 Å². The van der Waals surface area contributed by atoms with Crippen molar-refractivity contribution in [2.45, 2.75) is 25.7 Å². The van der Waals surface area contributed by atoms with Gasteiger partial charge in [-0.2, -0.15) is 0 Å². The summed E-state index contributed by atoms with van der Waals surface area (Å²) >= 11 is 0. The van der Waals surface area contributed by atoms with Crippen LogP contribution in [0.15, 0.2) is 24.3 Å². The molecule has 0 aliphatic rings. The van der Waals surface area contributed by atoms with Crippen molar-refractivity contribution in [3.63, 3.8) is 0 Å². The Morgan fingerprint density at radius 2 is 2.00 bits per heavy atom. The highest BCUT2D eigenvalue weighted by atomic mass is 19.1. The summed E-state index contributed by atoms with van der Waals surface area (Å²) in [4.78, 5) is 23.7. The van der Waals surface area contributed by atoms with Crippen molar-refractivity contribution < 1.29 is 19.1 Å². The molecule has 1 rings (SSSR count). The maximum Gasteiger partial charge on any atom is 0.305 e. The van der Waals surface area contributed by atoms with Crippen LogP contribution >= 0.6 is 0 Å². The van der Waals surface area contributed by atoms with Gasteiger partial charge in [0, 0.05) is 20.0 Å². The SMILES string of the molecule is CC(CC(=O)N(C)CCC(=O)O)c1ccccc1F. The van der Waals surface area contributed by atoms with E-state index in [9.17, 15) is 14.0 Å². The van der Waals surface area contributed by atoms with Gasteiger partial charge in [-0.15, -0.1) is 0 Å². The number of carbonyl (C=O) groups is 2. The second-order valence-corrected chi connectivity index (χ2v) is 4.59. The molecule has 1 amide bonds. The molecule has 1 N–H and O–H groups in total. The first-order valence-corrected chi connectivity index (χ1v) is 6.12. The number of nitrogens with zero attached hydrogens (tertiary/aromatic N) is 1. The number of amides is 1. The van der Waals surface area contributed by atoms with E-state index in [1.807, 2.05) is 0 Å². The lowest BCUT2D eigenvalue weighted by molar-refractivity contribution is -0.138. The maximum absolute atomic E-state index is 13.5. The van der Waals surface area contributed by atoms with Gasteiger partial charge in [0.2, 0.25) is 5.91 Å². The van der Waals surface area contributed by atoms with Crippen molar-refractivity contribution in [2.24, 2.45) is 0 Å². The molecule has 0 saturated heterocycles. The molecule has 0 fully saturated rings. The summed E-state index contributed by atoms with van der Waals surface area (Å²) in [5.74, 6) is -1.68. The van der Waals surface area contributed by atoms with Crippen LogP contribution in [0.3, 0.4) is 0 Å². The van der Waals surface area contributed by atoms with Crippen molar-refractivity contribution in [3.8, 4) is 0 Å². The lowest BCUT2D eigenvalue weighted by atomic mass is 9.96. The zero-order valence-corrected chi connectivity index (χ0v) is 11.1. The maximum atomic E-state index is 13.5. The third kappa shape index (κ3) is 4.69. The van der Waals surface area contributed by atoms with Crippen molar-refractivity contribution in [3.05, 3.63) is 35.6 Å². The molecule has 0 aromatic heterocycles. The number of rotatable bonds is 6. The molecule has 0 aliphatic heterocycles. The number of carboxylic acid groups (broad SMARTS) is 1. The second kappa shape index (κ2) is 6.87. The molecule has 0 saturated carbocycles. The highest BCUT2D eigenvalue weighted by Crippen LogP contribution is 2.22. The molecule has 0 heterocycles. The normalized spacial score (nSPS) is 11.9. The monoisotopic (exact) mass is 267 g/mol. The second-order valence-electron chi connectivity index (χ2n) is 4.59. The number of halogens is 1. The standard InChI is InChI=1S/C14H18FNO3/c1-10(11-5-3-4-6-12(11)15)9-13(17)16(2)8-7-14(18)19/h3-6,10H,7-9H2,1-2H3,(H,18,19). The Kier molecular flexibility index (Phi) is 5.48. The fourth-order valence-electron chi connectivity index (χ4n) is 1.79. The summed E-state index contributed by atoms with van der Waals surface area (Å²) in [7, 11) is 1.55. The van der Waals surface area contributed by atoms with E-state index in [1.165, 1.54) is 11.0 Å². The van der Waals surface area contributed by atoms with E-state index in [4.69, 9.17) is 5.11 Å². The third-order valence-electron chi connectivity index (χ3n) is 3.00. The van der Waals surface area contributed by atoms with Crippen molar-refractivity contribution >= 4 is 11.9 Å². The first-order valence-electron chi connectivity index (χ1n) is 6.12. The number of carbonyl (C=O) groups excluding carboxylic acids is 1. The summed E-state index contributed by atoms with van der Waals surface area (Å²) in [5.41, 5.74) is 0.502. The van der Waals surface area contributed by atoms with Gasteiger partial charge in [-0.25, -0.2) is 4.39 Å². The highest BCUT2D eigenvalue weighted by Gasteiger charge is 2.17. The van der Waals surface area contributed by atoms with E-state index >= 15 is 0 Å². The average molecular weight is 267 g/mol. The van der Waals surface area contributed by atoms with E-state index in [0.717, 1.165) is 0 Å². The van der Waals surface area contributed by atoms with Crippen LogP contribution in [-0.4, -0.2) is 35.5 Å². The van der Waals surface area contributed by atoms with Gasteiger partial charge in [0.25, 0.3) is 0 Å². The molecule has 1 aromatic rings. The summed E-state index contributed by atoms with van der Waals surface area (Å²) in [5, 5.41) is 8.55. The van der Waals surface area contributed by atoms with Crippen LogP contribution in [-0.2, 0) is 9.59 Å². The minimum absolute atomic E-state index is 0.0870. The topological polar surface area (TPSA) is 57.6 Å². The molecule has 0 radical (unpaired) electrons. The molecule has 0 aliphatic carbocycles. The minimum atomic E-state index is -0.943. The average Bonchev–Trinajstić information content (AvgIpc) is 2.36. The minimum Gasteiger partial charge on any atom is -0.481 e. The zero-order valence-electron chi connectivity index (χ0n) is 11.1. The van der Waals surface area contributed by atoms with E-state index in [1.54, 1.807) is 32.2 Å². The number of aliphatic carboxylic acids is 1. The molecular formula is C14H18FNO3. The van der Waals surface area contributed by atoms with E-state index in [2.05, 4.69) is 0 Å². The zero-order chi connectivity index (χ0) is 14.4. The van der Waals surface area contributed by atoms with Crippen LogP contribution in [0.5, 0.6) is 0 Å². The van der Waals surface area contributed by atoms with E-state index in [-0.39, 0.29) is 37.0 Å². The van der Waals surface area contributed by atoms with Crippen LogP contribution in [0, 0.1) is 5.82 Å². The lowest BCUT2D eigenvalue weighted by Gasteiger charge is -2.19. The van der Waals surface area contributed by atoms with Gasteiger partial charge in [0.15, 0.2) is 0 Å². The summed E-state index contributed by atoms with van der Waals surface area (Å²) < 4.78 is 13.5. The van der Waals surface area contributed by atoms with Crippen LogP contribution < -0.4 is 0 Å². The number of carboxylic acids is 1. The van der Waals surface area contributed by atoms with Crippen LogP contribution in [0.25, 0.3) is 0 Å². The van der Waals surface area contributed by atoms with Crippen LogP contribution in [0.4, 0.5) is 4.39 Å². The smallest absolute Gasteiger partial charge is 0.305 e. The van der Waals surface area contributed by atoms with Gasteiger partial charge >= 0.3 is 5.97 Å². The molecule has 4 nitrogen and oxygen atoms in total. The Bertz CT molecular complexity index is 462. The fraction of sp³-hybridized carbons (Fsp3) is 0.429. The molecule has 0 bridgehead atoms. The molecular weight excluding hydrogens is 249 g/mol. The fourth-order valence-corrected chi connectivity index (χ4v) is 1.79. The van der Waals surface area contributed by atoms with Crippen LogP contribution in [0.2, 0.25) is 0 Å². The highest BCUT2D eigenvalue weighted by molar-refractivity contribution is 5.77. The summed E-state index contributed by atoms with van der Waals surface area (Å²) in [6.07, 6.45) is 0.0768. The van der Waals surface area contributed by atoms with Crippen molar-refractivity contribution in [1.29, 1.82) is 0 Å². The number of benzene rings is 1. The molecule has 5 heteroatoms. The Labute approximate surface area is 111 Å². The summed E-state index contributed by atoms with van der Waals surface area (Å²) in [6.45, 7) is 1.94. The first kappa shape index (κ1) is 15.1. The quantitative estimate of drug-likeness (QED) is 0.860. The van der Waals surface area contributed by atoms with Gasteiger partial charge in [-0.3, -0.25) is 9.59 Å². The predicted octanol–water partition coefficient (Wildman–Crippen LogP) is 2.25. The number of hydrogen-bond acceptors (Lipinski definition) is 2. The molecule has 1 unspecified atom stereocenters. The van der Waals surface area contributed by atoms with Gasteiger partial charge in [0.05, 0.1) is 6.42 Å². The Balaban J connectivity index is 2.57. The van der Waals surface area contributed by atoms with Crippen molar-refractivity contribution in [1.82, 2.24) is 4.90 Å². The molecule has 19 heavy (non-hydrogen) atoms. The first-order chi connectivity index (χ1) is 8.91. The Morgan fingerprint density at radius 3 is 2.58 bits per heavy atom. The molecule has 0 spiro atoms. The van der Waals surface area contributed by atoms with Gasteiger partial charge in [-0.1, -0.05) is 25.1 Å². The summed E-state index contributed by atoms with van der Waals surface area (Å²) in [6, 6.07) is 6.36. The Hall–Kier alpha value is -1.91. The molecule has 104 valence electrons. The molecule has 1 atom stereocenters. The predicted molar refractivity (Wildman–Crippen MR) is 69.3 cm³/mol. The number of hydrogen-bond donors (Lipinski definition) is 1. The Morgan fingerprint density at radius 1 is 1.37 bits per heavy atom. The van der Waals surface area contributed by atoms with Gasteiger partial charge in [0.1, 0.15) is 5.82 Å². The third-order valence-corrected chi connectivity index (χ3v) is 3.00. The largest absolute Gasteiger partial charge is 0.481 e. The van der Waals surface area contributed by atoms with Gasteiger partial charge < -0.3 is 10.0 Å². The molecule has 1 aromatic carbocycles. The van der Waals surface area contributed by atoms with E-state index in [0.29, 0.717) is 5.56 Å².